The molecule has 0 bridgehead atoms. The Kier molecular flexibility index (Phi) is 9.46. The van der Waals surface area contributed by atoms with Crippen molar-refractivity contribution in [2.45, 2.75) is 32.4 Å². The average molecular weight is 501 g/mol. The van der Waals surface area contributed by atoms with Gasteiger partial charge in [-0.25, -0.2) is 0 Å². The minimum Gasteiger partial charge on any atom is -0.379 e. The van der Waals surface area contributed by atoms with Crippen molar-refractivity contribution in [3.63, 3.8) is 0 Å². The lowest BCUT2D eigenvalue weighted by Crippen LogP contribution is -2.56. The fraction of sp³-hybridized carbons (Fsp3) is 0.667. The molecule has 158 valence electrons. The lowest BCUT2D eigenvalue weighted by Gasteiger charge is -2.41. The second kappa shape index (κ2) is 11.3. The van der Waals surface area contributed by atoms with Crippen molar-refractivity contribution in [2.24, 2.45) is 4.99 Å². The quantitative estimate of drug-likeness (QED) is 0.355. The van der Waals surface area contributed by atoms with Gasteiger partial charge in [-0.1, -0.05) is 24.3 Å². The standard InChI is InChI=1S/C21H35N5O.HI/c1-21(2,26-12-14-27-15-13-26)17-24-20(22-3)23-9-11-25-10-8-18-6-4-5-7-19(18)16-25;/h4-7H,8-17H2,1-3H3,(H2,22,23,24);1H. The first-order valence-corrected chi connectivity index (χ1v) is 10.1. The minimum absolute atomic E-state index is 0. The predicted molar refractivity (Wildman–Crippen MR) is 127 cm³/mol. The van der Waals surface area contributed by atoms with Gasteiger partial charge in [0.15, 0.2) is 5.96 Å². The number of nitrogens with zero attached hydrogens (tertiary/aromatic N) is 3. The van der Waals surface area contributed by atoms with Crippen LogP contribution in [0.4, 0.5) is 0 Å². The van der Waals surface area contributed by atoms with Gasteiger partial charge in [0.25, 0.3) is 0 Å². The van der Waals surface area contributed by atoms with Gasteiger partial charge in [0.2, 0.25) is 0 Å². The Labute approximate surface area is 187 Å². The molecule has 0 unspecified atom stereocenters. The molecule has 6 nitrogen and oxygen atoms in total. The van der Waals surface area contributed by atoms with E-state index in [0.717, 1.165) is 71.4 Å². The smallest absolute Gasteiger partial charge is 0.191 e. The largest absolute Gasteiger partial charge is 0.379 e. The molecule has 3 rings (SSSR count). The first-order valence-electron chi connectivity index (χ1n) is 10.1. The Morgan fingerprint density at radius 2 is 1.82 bits per heavy atom. The van der Waals surface area contributed by atoms with Crippen LogP contribution in [0.2, 0.25) is 0 Å². The third-order valence-electron chi connectivity index (χ3n) is 5.71. The molecule has 2 aliphatic heterocycles. The number of rotatable bonds is 6. The zero-order valence-electron chi connectivity index (χ0n) is 17.5. The van der Waals surface area contributed by atoms with Crippen LogP contribution in [-0.2, 0) is 17.7 Å². The van der Waals surface area contributed by atoms with Crippen LogP contribution in [-0.4, -0.2) is 80.8 Å². The Morgan fingerprint density at radius 3 is 2.54 bits per heavy atom. The summed E-state index contributed by atoms with van der Waals surface area (Å²) in [6.07, 6.45) is 1.15. The van der Waals surface area contributed by atoms with E-state index in [-0.39, 0.29) is 29.5 Å². The summed E-state index contributed by atoms with van der Waals surface area (Å²) in [7, 11) is 1.84. The molecule has 0 saturated carbocycles. The monoisotopic (exact) mass is 501 g/mol. The number of fused-ring (bicyclic) bond motifs is 1. The van der Waals surface area contributed by atoms with Crippen molar-refractivity contribution < 1.29 is 4.74 Å². The molecule has 7 heteroatoms. The first-order chi connectivity index (χ1) is 13.1. The van der Waals surface area contributed by atoms with Crippen LogP contribution in [0.3, 0.4) is 0 Å². The molecule has 2 N–H and O–H groups in total. The number of benzene rings is 1. The van der Waals surface area contributed by atoms with E-state index in [1.807, 2.05) is 7.05 Å². The molecule has 2 aliphatic rings. The summed E-state index contributed by atoms with van der Waals surface area (Å²) in [5.74, 6) is 0.883. The minimum atomic E-state index is 0. The van der Waals surface area contributed by atoms with Crippen molar-refractivity contribution in [1.82, 2.24) is 20.4 Å². The van der Waals surface area contributed by atoms with Crippen LogP contribution in [0, 0.1) is 0 Å². The van der Waals surface area contributed by atoms with Crippen LogP contribution in [0.25, 0.3) is 0 Å². The molecule has 2 heterocycles. The van der Waals surface area contributed by atoms with Crippen molar-refractivity contribution in [2.75, 3.05) is 59.5 Å². The van der Waals surface area contributed by atoms with Crippen molar-refractivity contribution in [3.05, 3.63) is 35.4 Å². The number of hydrogen-bond donors (Lipinski definition) is 2. The van der Waals surface area contributed by atoms with Crippen molar-refractivity contribution in [3.8, 4) is 0 Å². The molecule has 28 heavy (non-hydrogen) atoms. The maximum absolute atomic E-state index is 5.47. The van der Waals surface area contributed by atoms with Gasteiger partial charge in [-0.3, -0.25) is 14.8 Å². The van der Waals surface area contributed by atoms with Crippen LogP contribution in [0.5, 0.6) is 0 Å². The summed E-state index contributed by atoms with van der Waals surface area (Å²) in [5.41, 5.74) is 3.06. The van der Waals surface area contributed by atoms with Crippen molar-refractivity contribution in [1.29, 1.82) is 0 Å². The highest BCUT2D eigenvalue weighted by Gasteiger charge is 2.28. The number of guanidine groups is 1. The van der Waals surface area contributed by atoms with E-state index in [0.29, 0.717) is 0 Å². The van der Waals surface area contributed by atoms with E-state index in [4.69, 9.17) is 4.74 Å². The van der Waals surface area contributed by atoms with Crippen LogP contribution in [0.1, 0.15) is 25.0 Å². The molecule has 1 aromatic rings. The van der Waals surface area contributed by atoms with Crippen LogP contribution in [0.15, 0.2) is 29.3 Å². The molecule has 0 aromatic heterocycles. The number of ether oxygens (including phenoxy) is 1. The Bertz CT molecular complexity index is 631. The summed E-state index contributed by atoms with van der Waals surface area (Å²) in [6, 6.07) is 8.79. The molecule has 1 fully saturated rings. The van der Waals surface area contributed by atoms with E-state index in [1.165, 1.54) is 11.1 Å². The molecule has 0 amide bonds. The molecule has 0 aliphatic carbocycles. The van der Waals surface area contributed by atoms with E-state index < -0.39 is 0 Å². The normalized spacial score (nSPS) is 18.9. The fourth-order valence-electron chi connectivity index (χ4n) is 3.88. The third-order valence-corrected chi connectivity index (χ3v) is 5.71. The van der Waals surface area contributed by atoms with Gasteiger partial charge in [-0.05, 0) is 31.4 Å². The lowest BCUT2D eigenvalue weighted by molar-refractivity contribution is -0.00834. The Hall–Kier alpha value is -0.900. The van der Waals surface area contributed by atoms with Crippen LogP contribution < -0.4 is 10.6 Å². The fourth-order valence-corrected chi connectivity index (χ4v) is 3.88. The summed E-state index contributed by atoms with van der Waals surface area (Å²) < 4.78 is 5.47. The summed E-state index contributed by atoms with van der Waals surface area (Å²) in [5, 5.41) is 6.97. The van der Waals surface area contributed by atoms with E-state index in [2.05, 4.69) is 63.5 Å². The second-order valence-electron chi connectivity index (χ2n) is 8.06. The number of hydrogen-bond acceptors (Lipinski definition) is 4. The van der Waals surface area contributed by atoms with Gasteiger partial charge in [-0.2, -0.15) is 0 Å². The van der Waals surface area contributed by atoms with Gasteiger partial charge >= 0.3 is 0 Å². The molecule has 1 saturated heterocycles. The maximum atomic E-state index is 5.47. The second-order valence-corrected chi connectivity index (χ2v) is 8.06. The van der Waals surface area contributed by atoms with Crippen LogP contribution >= 0.6 is 24.0 Å². The number of aliphatic imine (C=N–C) groups is 1. The average Bonchev–Trinajstić information content (AvgIpc) is 2.71. The number of morpholine rings is 1. The van der Waals surface area contributed by atoms with Gasteiger partial charge in [0.05, 0.1) is 13.2 Å². The van der Waals surface area contributed by atoms with Gasteiger partial charge < -0.3 is 15.4 Å². The Morgan fingerprint density at radius 1 is 1.11 bits per heavy atom. The zero-order valence-corrected chi connectivity index (χ0v) is 19.9. The topological polar surface area (TPSA) is 52.1 Å². The van der Waals surface area contributed by atoms with E-state index in [1.54, 1.807) is 0 Å². The van der Waals surface area contributed by atoms with E-state index >= 15 is 0 Å². The molecule has 0 radical (unpaired) electrons. The first kappa shape index (κ1) is 23.4. The van der Waals surface area contributed by atoms with Gasteiger partial charge in [-0.15, -0.1) is 24.0 Å². The lowest BCUT2D eigenvalue weighted by atomic mass is 10.00. The Balaban J connectivity index is 0.00000280. The number of halogens is 1. The highest BCUT2D eigenvalue weighted by molar-refractivity contribution is 14.0. The van der Waals surface area contributed by atoms with Gasteiger partial charge in [0.1, 0.15) is 0 Å². The molecule has 0 atom stereocenters. The van der Waals surface area contributed by atoms with Gasteiger partial charge in [0, 0.05) is 58.4 Å². The number of nitrogens with one attached hydrogen (secondary N) is 2. The molecular weight excluding hydrogens is 465 g/mol. The third kappa shape index (κ3) is 6.57. The summed E-state index contributed by atoms with van der Waals surface area (Å²) in [6.45, 7) is 13.2. The highest BCUT2D eigenvalue weighted by Crippen LogP contribution is 2.18. The molecule has 1 aromatic carbocycles. The maximum Gasteiger partial charge on any atom is 0.191 e. The molecular formula is C21H36IN5O. The molecule has 0 spiro atoms. The SMILES string of the molecule is CN=C(NCCN1CCc2ccccc2C1)NCC(C)(C)N1CCOCC1.I. The van der Waals surface area contributed by atoms with E-state index in [9.17, 15) is 0 Å². The zero-order chi connectivity index (χ0) is 19.1. The summed E-state index contributed by atoms with van der Waals surface area (Å²) >= 11 is 0. The van der Waals surface area contributed by atoms with Crippen molar-refractivity contribution >= 4 is 29.9 Å². The highest BCUT2D eigenvalue weighted by atomic mass is 127. The predicted octanol–water partition coefficient (Wildman–Crippen LogP) is 1.94. The summed E-state index contributed by atoms with van der Waals surface area (Å²) in [4.78, 5) is 9.39.